The molecule has 0 aliphatic carbocycles. The molecule has 122 valence electrons. The van der Waals surface area contributed by atoms with Gasteiger partial charge in [-0.05, 0) is 31.6 Å². The number of hydrogen-bond acceptors (Lipinski definition) is 3. The summed E-state index contributed by atoms with van der Waals surface area (Å²) in [5.74, 6) is -0.164. The third kappa shape index (κ3) is 4.85. The van der Waals surface area contributed by atoms with Crippen molar-refractivity contribution in [3.05, 3.63) is 33.8 Å². The lowest BCUT2D eigenvalue weighted by Crippen LogP contribution is -2.46. The minimum atomic E-state index is -0.164. The number of amides is 1. The van der Waals surface area contributed by atoms with E-state index in [4.69, 9.17) is 23.2 Å². The zero-order valence-corrected chi connectivity index (χ0v) is 14.5. The zero-order chi connectivity index (χ0) is 15.9. The molecule has 1 N–H and O–H groups in total. The van der Waals surface area contributed by atoms with Crippen LogP contribution in [0.1, 0.15) is 23.7 Å². The van der Waals surface area contributed by atoms with Crippen LogP contribution in [0.2, 0.25) is 10.0 Å². The number of rotatable bonds is 6. The fraction of sp³-hybridized carbons (Fsp3) is 0.562. The van der Waals surface area contributed by atoms with Crippen molar-refractivity contribution in [3.63, 3.8) is 0 Å². The normalized spacial score (nSPS) is 16.7. The van der Waals surface area contributed by atoms with Gasteiger partial charge in [0.25, 0.3) is 5.91 Å². The van der Waals surface area contributed by atoms with Gasteiger partial charge >= 0.3 is 0 Å². The van der Waals surface area contributed by atoms with Crippen molar-refractivity contribution in [2.24, 2.45) is 0 Å². The summed E-state index contributed by atoms with van der Waals surface area (Å²) in [6.45, 7) is 9.50. The molecule has 1 fully saturated rings. The molecule has 0 aromatic heterocycles. The van der Waals surface area contributed by atoms with Crippen LogP contribution in [0.5, 0.6) is 0 Å². The van der Waals surface area contributed by atoms with Crippen molar-refractivity contribution in [2.45, 2.75) is 13.3 Å². The molecule has 0 saturated carbocycles. The lowest BCUT2D eigenvalue weighted by atomic mass is 10.2. The highest BCUT2D eigenvalue weighted by atomic mass is 35.5. The summed E-state index contributed by atoms with van der Waals surface area (Å²) in [7, 11) is 0. The van der Waals surface area contributed by atoms with E-state index in [1.165, 1.54) is 0 Å². The summed E-state index contributed by atoms with van der Waals surface area (Å²) in [4.78, 5) is 17.0. The second-order valence-corrected chi connectivity index (χ2v) is 6.27. The molecule has 1 heterocycles. The van der Waals surface area contributed by atoms with Gasteiger partial charge in [0.15, 0.2) is 0 Å². The molecule has 0 radical (unpaired) electrons. The highest BCUT2D eigenvalue weighted by molar-refractivity contribution is 6.43. The van der Waals surface area contributed by atoms with Gasteiger partial charge in [-0.2, -0.15) is 0 Å². The molecule has 0 atom stereocenters. The van der Waals surface area contributed by atoms with Crippen LogP contribution in [0.3, 0.4) is 0 Å². The van der Waals surface area contributed by atoms with Crippen LogP contribution in [-0.2, 0) is 0 Å². The predicted molar refractivity (Wildman–Crippen MR) is 92.0 cm³/mol. The van der Waals surface area contributed by atoms with Gasteiger partial charge in [0.05, 0.1) is 15.6 Å². The second kappa shape index (κ2) is 8.73. The topological polar surface area (TPSA) is 35.6 Å². The van der Waals surface area contributed by atoms with Gasteiger partial charge in [-0.15, -0.1) is 0 Å². The predicted octanol–water partition coefficient (Wildman–Crippen LogP) is 2.75. The Labute approximate surface area is 142 Å². The SMILES string of the molecule is CCN1CCN(CCCNC(=O)c2cccc(Cl)c2Cl)CC1. The fourth-order valence-electron chi connectivity index (χ4n) is 2.61. The molecule has 1 aliphatic heterocycles. The molecule has 4 nitrogen and oxygen atoms in total. The van der Waals surface area contributed by atoms with Gasteiger partial charge in [-0.3, -0.25) is 4.79 Å². The largest absolute Gasteiger partial charge is 0.352 e. The third-order valence-corrected chi connectivity index (χ3v) is 4.86. The molecule has 2 rings (SSSR count). The highest BCUT2D eigenvalue weighted by Crippen LogP contribution is 2.25. The molecule has 0 bridgehead atoms. The van der Waals surface area contributed by atoms with E-state index in [0.29, 0.717) is 22.2 Å². The minimum absolute atomic E-state index is 0.164. The average Bonchev–Trinajstić information content (AvgIpc) is 2.54. The Hall–Kier alpha value is -0.810. The number of carbonyl (C=O) groups excluding carboxylic acids is 1. The number of nitrogens with zero attached hydrogens (tertiary/aromatic N) is 2. The van der Waals surface area contributed by atoms with Gasteiger partial charge < -0.3 is 15.1 Å². The van der Waals surface area contributed by atoms with Crippen molar-refractivity contribution in [2.75, 3.05) is 45.8 Å². The van der Waals surface area contributed by atoms with Crippen LogP contribution in [0.15, 0.2) is 18.2 Å². The first-order valence-electron chi connectivity index (χ1n) is 7.78. The molecule has 1 amide bonds. The maximum Gasteiger partial charge on any atom is 0.252 e. The van der Waals surface area contributed by atoms with Crippen LogP contribution in [-0.4, -0.2) is 61.5 Å². The lowest BCUT2D eigenvalue weighted by molar-refractivity contribution is 0.0948. The zero-order valence-electron chi connectivity index (χ0n) is 12.9. The maximum absolute atomic E-state index is 12.1. The molecule has 1 aromatic carbocycles. The molecule has 1 saturated heterocycles. The number of benzene rings is 1. The molecule has 1 aliphatic rings. The summed E-state index contributed by atoms with van der Waals surface area (Å²) in [6, 6.07) is 5.10. The number of nitrogens with one attached hydrogen (secondary N) is 1. The van der Waals surface area contributed by atoms with Crippen molar-refractivity contribution in [3.8, 4) is 0 Å². The van der Waals surface area contributed by atoms with Gasteiger partial charge in [0.2, 0.25) is 0 Å². The molecule has 1 aromatic rings. The van der Waals surface area contributed by atoms with Crippen molar-refractivity contribution >= 4 is 29.1 Å². The summed E-state index contributed by atoms with van der Waals surface area (Å²) in [5.41, 5.74) is 0.436. The van der Waals surface area contributed by atoms with Crippen molar-refractivity contribution in [1.29, 1.82) is 0 Å². The van der Waals surface area contributed by atoms with E-state index in [2.05, 4.69) is 22.0 Å². The third-order valence-electron chi connectivity index (χ3n) is 4.05. The van der Waals surface area contributed by atoms with Gasteiger partial charge in [0.1, 0.15) is 0 Å². The molecule has 22 heavy (non-hydrogen) atoms. The van der Waals surface area contributed by atoms with Crippen LogP contribution in [0.4, 0.5) is 0 Å². The summed E-state index contributed by atoms with van der Waals surface area (Å²) in [6.07, 6.45) is 0.941. The Morgan fingerprint density at radius 1 is 1.18 bits per heavy atom. The number of halogens is 2. The summed E-state index contributed by atoms with van der Waals surface area (Å²) < 4.78 is 0. The number of piperazine rings is 1. The second-order valence-electron chi connectivity index (χ2n) is 5.49. The first-order valence-corrected chi connectivity index (χ1v) is 8.54. The van der Waals surface area contributed by atoms with Crippen LogP contribution < -0.4 is 5.32 Å². The first-order chi connectivity index (χ1) is 10.6. The lowest BCUT2D eigenvalue weighted by Gasteiger charge is -2.33. The first kappa shape index (κ1) is 17.5. The molecular formula is C16H23Cl2N3O. The molecule has 0 spiro atoms. The number of carbonyl (C=O) groups is 1. The van der Waals surface area contributed by atoms with E-state index in [9.17, 15) is 4.79 Å². The van der Waals surface area contributed by atoms with Gasteiger partial charge in [-0.25, -0.2) is 0 Å². The Morgan fingerprint density at radius 2 is 1.86 bits per heavy atom. The van der Waals surface area contributed by atoms with E-state index in [1.807, 2.05) is 0 Å². The average molecular weight is 344 g/mol. The monoisotopic (exact) mass is 343 g/mol. The Balaban J connectivity index is 1.68. The van der Waals surface area contributed by atoms with Crippen molar-refractivity contribution < 1.29 is 4.79 Å². The maximum atomic E-state index is 12.1. The highest BCUT2D eigenvalue weighted by Gasteiger charge is 2.15. The van der Waals surface area contributed by atoms with Gasteiger partial charge in [-0.1, -0.05) is 36.2 Å². The number of hydrogen-bond donors (Lipinski definition) is 1. The van der Waals surface area contributed by atoms with Gasteiger partial charge in [0, 0.05) is 32.7 Å². The Kier molecular flexibility index (Phi) is 6.96. The Bertz CT molecular complexity index is 502. The van der Waals surface area contributed by atoms with E-state index in [-0.39, 0.29) is 5.91 Å². The summed E-state index contributed by atoms with van der Waals surface area (Å²) in [5, 5.41) is 3.63. The van der Waals surface area contributed by atoms with E-state index >= 15 is 0 Å². The van der Waals surface area contributed by atoms with Crippen LogP contribution in [0.25, 0.3) is 0 Å². The smallest absolute Gasteiger partial charge is 0.252 e. The van der Waals surface area contributed by atoms with E-state index in [0.717, 1.165) is 45.7 Å². The standard InChI is InChI=1S/C16H23Cl2N3O/c1-2-20-9-11-21(12-10-20)8-4-7-19-16(22)13-5-3-6-14(17)15(13)18/h3,5-6H,2,4,7-12H2,1H3,(H,19,22). The quantitative estimate of drug-likeness (QED) is 0.806. The minimum Gasteiger partial charge on any atom is -0.352 e. The summed E-state index contributed by atoms with van der Waals surface area (Å²) >= 11 is 12.0. The van der Waals surface area contributed by atoms with Crippen molar-refractivity contribution in [1.82, 2.24) is 15.1 Å². The molecular weight excluding hydrogens is 321 g/mol. The van der Waals surface area contributed by atoms with E-state index < -0.39 is 0 Å². The Morgan fingerprint density at radius 3 is 2.55 bits per heavy atom. The van der Waals surface area contributed by atoms with Crippen LogP contribution >= 0.6 is 23.2 Å². The molecule has 6 heteroatoms. The fourth-order valence-corrected chi connectivity index (χ4v) is 2.99. The molecule has 0 unspecified atom stereocenters. The van der Waals surface area contributed by atoms with E-state index in [1.54, 1.807) is 18.2 Å². The number of likely N-dealkylation sites (N-methyl/N-ethyl adjacent to an activating group) is 1. The van der Waals surface area contributed by atoms with Crippen LogP contribution in [0, 0.1) is 0 Å².